The van der Waals surface area contributed by atoms with Gasteiger partial charge in [-0.2, -0.15) is 0 Å². The van der Waals surface area contributed by atoms with E-state index in [1.165, 1.54) is 19.3 Å². The fourth-order valence-corrected chi connectivity index (χ4v) is 1.80. The summed E-state index contributed by atoms with van der Waals surface area (Å²) in [5.74, 6) is 0.712. The van der Waals surface area contributed by atoms with E-state index in [-0.39, 0.29) is 0 Å². The largest absolute Gasteiger partial charge is 0.379 e. The third-order valence-corrected chi connectivity index (χ3v) is 2.71. The van der Waals surface area contributed by atoms with E-state index in [1.807, 2.05) is 13.8 Å². The van der Waals surface area contributed by atoms with Crippen LogP contribution in [0.4, 0.5) is 0 Å². The van der Waals surface area contributed by atoms with E-state index in [2.05, 4.69) is 9.89 Å². The first-order valence-corrected chi connectivity index (χ1v) is 6.36. The maximum atomic E-state index is 5.93. The number of rotatable bonds is 5. The normalized spacial score (nSPS) is 18.2. The van der Waals surface area contributed by atoms with Crippen molar-refractivity contribution in [1.82, 2.24) is 4.90 Å². The zero-order valence-electron chi connectivity index (χ0n) is 10.6. The van der Waals surface area contributed by atoms with E-state index in [1.54, 1.807) is 0 Å². The monoisotopic (exact) mass is 227 g/mol. The average molecular weight is 227 g/mol. The fourth-order valence-electron chi connectivity index (χ4n) is 1.80. The summed E-state index contributed by atoms with van der Waals surface area (Å²) in [6.07, 6.45) is 5.07. The second-order valence-electron chi connectivity index (χ2n) is 4.56. The fraction of sp³-hybridized carbons (Fsp3) is 0.917. The Hall–Kier alpha value is -0.770. The number of hydrogen-bond acceptors (Lipinski definition) is 2. The third-order valence-electron chi connectivity index (χ3n) is 2.71. The SMILES string of the molecule is CC(C)OCCCN=C(N)N1CCCCC1. The van der Waals surface area contributed by atoms with Crippen molar-refractivity contribution in [1.29, 1.82) is 0 Å². The molecule has 1 aliphatic heterocycles. The van der Waals surface area contributed by atoms with Crippen LogP contribution in [-0.2, 0) is 4.74 Å². The Morgan fingerprint density at radius 2 is 2.00 bits per heavy atom. The molecule has 16 heavy (non-hydrogen) atoms. The van der Waals surface area contributed by atoms with Crippen LogP contribution in [0.5, 0.6) is 0 Å². The highest BCUT2D eigenvalue weighted by Crippen LogP contribution is 2.07. The van der Waals surface area contributed by atoms with Crippen LogP contribution in [0, 0.1) is 0 Å². The van der Waals surface area contributed by atoms with Crippen LogP contribution in [0.1, 0.15) is 39.5 Å². The molecule has 4 nitrogen and oxygen atoms in total. The molecule has 0 aromatic heterocycles. The Kier molecular flexibility index (Phi) is 6.23. The van der Waals surface area contributed by atoms with Crippen LogP contribution in [-0.4, -0.2) is 43.2 Å². The van der Waals surface area contributed by atoms with Crippen LogP contribution < -0.4 is 5.73 Å². The lowest BCUT2D eigenvalue weighted by atomic mass is 10.1. The first kappa shape index (κ1) is 13.3. The van der Waals surface area contributed by atoms with Gasteiger partial charge in [0, 0.05) is 26.2 Å². The van der Waals surface area contributed by atoms with Crippen LogP contribution >= 0.6 is 0 Å². The predicted molar refractivity (Wildman–Crippen MR) is 67.6 cm³/mol. The average Bonchev–Trinajstić information content (AvgIpc) is 2.29. The van der Waals surface area contributed by atoms with E-state index in [0.29, 0.717) is 12.1 Å². The van der Waals surface area contributed by atoms with Crippen molar-refractivity contribution in [2.24, 2.45) is 10.7 Å². The highest BCUT2D eigenvalue weighted by Gasteiger charge is 2.11. The summed E-state index contributed by atoms with van der Waals surface area (Å²) < 4.78 is 5.45. The molecule has 0 radical (unpaired) electrons. The van der Waals surface area contributed by atoms with E-state index >= 15 is 0 Å². The molecule has 1 saturated heterocycles. The molecule has 0 aliphatic carbocycles. The molecule has 4 heteroatoms. The van der Waals surface area contributed by atoms with Gasteiger partial charge in [-0.25, -0.2) is 0 Å². The van der Waals surface area contributed by atoms with Crippen LogP contribution in [0.3, 0.4) is 0 Å². The van der Waals surface area contributed by atoms with E-state index in [9.17, 15) is 0 Å². The highest BCUT2D eigenvalue weighted by atomic mass is 16.5. The minimum atomic E-state index is 0.309. The number of nitrogens with zero attached hydrogens (tertiary/aromatic N) is 2. The number of hydrogen-bond donors (Lipinski definition) is 1. The minimum Gasteiger partial charge on any atom is -0.379 e. The van der Waals surface area contributed by atoms with Crippen molar-refractivity contribution in [3.05, 3.63) is 0 Å². The summed E-state index contributed by atoms with van der Waals surface area (Å²) in [6.45, 7) is 7.77. The molecule has 0 atom stereocenters. The molecule has 0 aromatic rings. The van der Waals surface area contributed by atoms with Gasteiger partial charge in [-0.05, 0) is 39.5 Å². The first-order valence-electron chi connectivity index (χ1n) is 6.36. The summed E-state index contributed by atoms with van der Waals surface area (Å²) >= 11 is 0. The van der Waals surface area contributed by atoms with Gasteiger partial charge in [0.15, 0.2) is 5.96 Å². The maximum Gasteiger partial charge on any atom is 0.191 e. The second kappa shape index (κ2) is 7.49. The van der Waals surface area contributed by atoms with Crippen LogP contribution in [0.25, 0.3) is 0 Å². The predicted octanol–water partition coefficient (Wildman–Crippen LogP) is 1.60. The number of ether oxygens (including phenoxy) is 1. The van der Waals surface area contributed by atoms with Crippen molar-refractivity contribution in [3.63, 3.8) is 0 Å². The number of piperidine rings is 1. The van der Waals surface area contributed by atoms with Crippen molar-refractivity contribution in [3.8, 4) is 0 Å². The number of nitrogens with two attached hydrogens (primary N) is 1. The minimum absolute atomic E-state index is 0.309. The Morgan fingerprint density at radius 1 is 1.31 bits per heavy atom. The van der Waals surface area contributed by atoms with Gasteiger partial charge in [-0.3, -0.25) is 4.99 Å². The summed E-state index contributed by atoms with van der Waals surface area (Å²) in [6, 6.07) is 0. The summed E-state index contributed by atoms with van der Waals surface area (Å²) in [4.78, 5) is 6.57. The lowest BCUT2D eigenvalue weighted by Gasteiger charge is -2.27. The zero-order valence-corrected chi connectivity index (χ0v) is 10.6. The van der Waals surface area contributed by atoms with Gasteiger partial charge < -0.3 is 15.4 Å². The lowest BCUT2D eigenvalue weighted by Crippen LogP contribution is -2.40. The molecular formula is C12H25N3O. The molecule has 0 saturated carbocycles. The Bertz CT molecular complexity index is 210. The number of guanidine groups is 1. The molecule has 0 spiro atoms. The van der Waals surface area contributed by atoms with Gasteiger partial charge in [0.05, 0.1) is 6.10 Å². The van der Waals surface area contributed by atoms with E-state index in [0.717, 1.165) is 32.7 Å². The number of likely N-dealkylation sites (tertiary alicyclic amines) is 1. The standard InChI is InChI=1S/C12H25N3O/c1-11(2)16-10-6-7-14-12(13)15-8-4-3-5-9-15/h11H,3-10H2,1-2H3,(H2,13,14). The molecule has 1 rings (SSSR count). The van der Waals surface area contributed by atoms with Gasteiger partial charge in [0.2, 0.25) is 0 Å². The van der Waals surface area contributed by atoms with E-state index in [4.69, 9.17) is 10.5 Å². The zero-order chi connectivity index (χ0) is 11.8. The molecule has 1 heterocycles. The maximum absolute atomic E-state index is 5.93. The van der Waals surface area contributed by atoms with Gasteiger partial charge in [0.1, 0.15) is 0 Å². The van der Waals surface area contributed by atoms with Gasteiger partial charge in [-0.15, -0.1) is 0 Å². The van der Waals surface area contributed by atoms with Gasteiger partial charge in [-0.1, -0.05) is 0 Å². The Labute approximate surface area is 98.9 Å². The summed E-state index contributed by atoms with van der Waals surface area (Å²) in [7, 11) is 0. The Morgan fingerprint density at radius 3 is 2.62 bits per heavy atom. The van der Waals surface area contributed by atoms with Gasteiger partial charge in [0.25, 0.3) is 0 Å². The highest BCUT2D eigenvalue weighted by molar-refractivity contribution is 5.78. The van der Waals surface area contributed by atoms with E-state index < -0.39 is 0 Å². The molecule has 94 valence electrons. The summed E-state index contributed by atoms with van der Waals surface area (Å²) in [5.41, 5.74) is 5.93. The second-order valence-corrected chi connectivity index (χ2v) is 4.56. The Balaban J connectivity index is 2.12. The molecule has 0 aromatic carbocycles. The lowest BCUT2D eigenvalue weighted by molar-refractivity contribution is 0.0782. The molecule has 0 bridgehead atoms. The third kappa shape index (κ3) is 5.35. The van der Waals surface area contributed by atoms with Crippen LogP contribution in [0.2, 0.25) is 0 Å². The van der Waals surface area contributed by atoms with Crippen LogP contribution in [0.15, 0.2) is 4.99 Å². The molecule has 0 unspecified atom stereocenters. The van der Waals surface area contributed by atoms with Crippen molar-refractivity contribution < 1.29 is 4.74 Å². The molecule has 0 amide bonds. The quantitative estimate of drug-likeness (QED) is 0.441. The van der Waals surface area contributed by atoms with Crippen molar-refractivity contribution >= 4 is 5.96 Å². The molecule has 1 fully saturated rings. The summed E-state index contributed by atoms with van der Waals surface area (Å²) in [5, 5.41) is 0. The number of aliphatic imine (C=N–C) groups is 1. The van der Waals surface area contributed by atoms with Crippen molar-refractivity contribution in [2.45, 2.75) is 45.6 Å². The smallest absolute Gasteiger partial charge is 0.191 e. The molecule has 2 N–H and O–H groups in total. The molecular weight excluding hydrogens is 202 g/mol. The van der Waals surface area contributed by atoms with Crippen molar-refractivity contribution in [2.75, 3.05) is 26.2 Å². The first-order chi connectivity index (χ1) is 7.70. The molecule has 1 aliphatic rings. The topological polar surface area (TPSA) is 50.9 Å². The van der Waals surface area contributed by atoms with Gasteiger partial charge >= 0.3 is 0 Å².